The first-order valence-electron chi connectivity index (χ1n) is 6.79. The molecular weight excluding hydrogens is 271 g/mol. The van der Waals surface area contributed by atoms with Crippen LogP contribution in [0.3, 0.4) is 0 Å². The van der Waals surface area contributed by atoms with E-state index >= 15 is 0 Å². The molecule has 1 atom stereocenters. The van der Waals surface area contributed by atoms with Gasteiger partial charge in [-0.3, -0.25) is 10.1 Å². The standard InChI is InChI=1S/C16H17FN2O2/c1-12(15-7-2-3-8-16(15)19(20)21)18-10-9-13-5-4-6-14(17)11-13/h2-8,11-12,18H,9-10H2,1H3. The van der Waals surface area contributed by atoms with Crippen LogP contribution in [0, 0.1) is 15.9 Å². The predicted octanol–water partition coefficient (Wildman–Crippen LogP) is 3.63. The van der Waals surface area contributed by atoms with Crippen LogP contribution in [0.25, 0.3) is 0 Å². The van der Waals surface area contributed by atoms with Crippen molar-refractivity contribution >= 4 is 5.69 Å². The summed E-state index contributed by atoms with van der Waals surface area (Å²) in [6, 6.07) is 13.0. The molecule has 21 heavy (non-hydrogen) atoms. The van der Waals surface area contributed by atoms with Gasteiger partial charge in [-0.15, -0.1) is 0 Å². The summed E-state index contributed by atoms with van der Waals surface area (Å²) in [7, 11) is 0. The second kappa shape index (κ2) is 6.95. The Morgan fingerprint density at radius 3 is 2.71 bits per heavy atom. The van der Waals surface area contributed by atoms with Crippen molar-refractivity contribution in [3.05, 3.63) is 75.6 Å². The van der Waals surface area contributed by atoms with Crippen molar-refractivity contribution in [1.82, 2.24) is 5.32 Å². The smallest absolute Gasteiger partial charge is 0.274 e. The Bertz CT molecular complexity index is 631. The maximum atomic E-state index is 13.1. The largest absolute Gasteiger partial charge is 0.310 e. The van der Waals surface area contributed by atoms with Crippen LogP contribution in [-0.4, -0.2) is 11.5 Å². The van der Waals surface area contributed by atoms with Crippen molar-refractivity contribution in [3.63, 3.8) is 0 Å². The minimum Gasteiger partial charge on any atom is -0.310 e. The number of para-hydroxylation sites is 1. The average molecular weight is 288 g/mol. The van der Waals surface area contributed by atoms with Gasteiger partial charge in [0.25, 0.3) is 5.69 Å². The Morgan fingerprint density at radius 2 is 2.00 bits per heavy atom. The highest BCUT2D eigenvalue weighted by Crippen LogP contribution is 2.24. The van der Waals surface area contributed by atoms with E-state index in [0.717, 1.165) is 5.56 Å². The second-order valence-corrected chi connectivity index (χ2v) is 4.87. The predicted molar refractivity (Wildman–Crippen MR) is 79.6 cm³/mol. The Labute approximate surface area is 122 Å². The van der Waals surface area contributed by atoms with E-state index in [2.05, 4.69) is 5.32 Å². The Morgan fingerprint density at radius 1 is 1.24 bits per heavy atom. The summed E-state index contributed by atoms with van der Waals surface area (Å²) in [6.07, 6.45) is 0.669. The quantitative estimate of drug-likeness (QED) is 0.652. The van der Waals surface area contributed by atoms with Crippen LogP contribution in [0.2, 0.25) is 0 Å². The molecule has 4 nitrogen and oxygen atoms in total. The molecule has 2 rings (SSSR count). The summed E-state index contributed by atoms with van der Waals surface area (Å²) < 4.78 is 13.1. The maximum absolute atomic E-state index is 13.1. The Hall–Kier alpha value is -2.27. The SMILES string of the molecule is CC(NCCc1cccc(F)c1)c1ccccc1[N+](=O)[O-]. The number of nitrogens with zero attached hydrogens (tertiary/aromatic N) is 1. The van der Waals surface area contributed by atoms with Crippen LogP contribution in [-0.2, 0) is 6.42 Å². The molecule has 0 heterocycles. The van der Waals surface area contributed by atoms with E-state index in [9.17, 15) is 14.5 Å². The molecule has 2 aromatic carbocycles. The molecule has 1 N–H and O–H groups in total. The van der Waals surface area contributed by atoms with Crippen molar-refractivity contribution in [2.75, 3.05) is 6.54 Å². The molecule has 0 saturated carbocycles. The van der Waals surface area contributed by atoms with Crippen LogP contribution in [0.15, 0.2) is 48.5 Å². The molecular formula is C16H17FN2O2. The molecule has 0 spiro atoms. The molecule has 5 heteroatoms. The fourth-order valence-electron chi connectivity index (χ4n) is 2.26. The van der Waals surface area contributed by atoms with Crippen molar-refractivity contribution in [1.29, 1.82) is 0 Å². The van der Waals surface area contributed by atoms with Gasteiger partial charge in [-0.05, 0) is 37.6 Å². The summed E-state index contributed by atoms with van der Waals surface area (Å²) in [5.41, 5.74) is 1.67. The number of benzene rings is 2. The lowest BCUT2D eigenvalue weighted by molar-refractivity contribution is -0.385. The third-order valence-electron chi connectivity index (χ3n) is 3.35. The van der Waals surface area contributed by atoms with Crippen LogP contribution < -0.4 is 5.32 Å². The summed E-state index contributed by atoms with van der Waals surface area (Å²) in [4.78, 5) is 10.6. The number of hydrogen-bond donors (Lipinski definition) is 1. The molecule has 2 aromatic rings. The topological polar surface area (TPSA) is 55.2 Å². The van der Waals surface area contributed by atoms with E-state index in [1.807, 2.05) is 13.0 Å². The van der Waals surface area contributed by atoms with E-state index in [1.54, 1.807) is 24.3 Å². The molecule has 0 saturated heterocycles. The van der Waals surface area contributed by atoms with Crippen molar-refractivity contribution in [2.24, 2.45) is 0 Å². The van der Waals surface area contributed by atoms with Gasteiger partial charge in [0.05, 0.1) is 4.92 Å². The van der Waals surface area contributed by atoms with Crippen molar-refractivity contribution in [2.45, 2.75) is 19.4 Å². The van der Waals surface area contributed by atoms with Gasteiger partial charge in [0.1, 0.15) is 5.82 Å². The highest BCUT2D eigenvalue weighted by Gasteiger charge is 2.17. The van der Waals surface area contributed by atoms with E-state index < -0.39 is 0 Å². The highest BCUT2D eigenvalue weighted by molar-refractivity contribution is 5.41. The average Bonchev–Trinajstić information content (AvgIpc) is 2.47. The number of rotatable bonds is 6. The lowest BCUT2D eigenvalue weighted by Gasteiger charge is -2.14. The molecule has 0 amide bonds. The van der Waals surface area contributed by atoms with E-state index in [4.69, 9.17) is 0 Å². The van der Waals surface area contributed by atoms with Gasteiger partial charge >= 0.3 is 0 Å². The van der Waals surface area contributed by atoms with Crippen LogP contribution in [0.5, 0.6) is 0 Å². The lowest BCUT2D eigenvalue weighted by Crippen LogP contribution is -2.22. The zero-order valence-electron chi connectivity index (χ0n) is 11.8. The molecule has 110 valence electrons. The summed E-state index contributed by atoms with van der Waals surface area (Å²) in [6.45, 7) is 2.50. The van der Waals surface area contributed by atoms with Gasteiger partial charge in [0.2, 0.25) is 0 Å². The maximum Gasteiger partial charge on any atom is 0.274 e. The Kier molecular flexibility index (Phi) is 5.00. The zero-order chi connectivity index (χ0) is 15.2. The minimum atomic E-state index is -0.375. The van der Waals surface area contributed by atoms with Crippen molar-refractivity contribution in [3.8, 4) is 0 Å². The van der Waals surface area contributed by atoms with Crippen molar-refractivity contribution < 1.29 is 9.31 Å². The van der Waals surface area contributed by atoms with Crippen LogP contribution in [0.4, 0.5) is 10.1 Å². The first kappa shape index (κ1) is 15.1. The molecule has 0 radical (unpaired) electrons. The van der Waals surface area contributed by atoms with E-state index in [1.165, 1.54) is 18.2 Å². The number of nitro benzene ring substituents is 1. The van der Waals surface area contributed by atoms with Gasteiger partial charge in [-0.25, -0.2) is 4.39 Å². The first-order chi connectivity index (χ1) is 10.1. The third kappa shape index (κ3) is 4.10. The fourth-order valence-corrected chi connectivity index (χ4v) is 2.26. The molecule has 0 aliphatic carbocycles. The molecule has 0 bridgehead atoms. The fraction of sp³-hybridized carbons (Fsp3) is 0.250. The first-order valence-corrected chi connectivity index (χ1v) is 6.79. The molecule has 0 aliphatic rings. The highest BCUT2D eigenvalue weighted by atomic mass is 19.1. The lowest BCUT2D eigenvalue weighted by atomic mass is 10.1. The molecule has 0 aliphatic heterocycles. The van der Waals surface area contributed by atoms with Gasteiger partial charge in [-0.2, -0.15) is 0 Å². The molecule has 1 unspecified atom stereocenters. The second-order valence-electron chi connectivity index (χ2n) is 4.87. The van der Waals surface area contributed by atoms with Gasteiger partial charge < -0.3 is 5.32 Å². The van der Waals surface area contributed by atoms with Gasteiger partial charge in [-0.1, -0.05) is 30.3 Å². The number of halogens is 1. The number of nitro groups is 1. The van der Waals surface area contributed by atoms with Crippen LogP contribution in [0.1, 0.15) is 24.1 Å². The van der Waals surface area contributed by atoms with Gasteiger partial charge in [0, 0.05) is 17.7 Å². The monoisotopic (exact) mass is 288 g/mol. The van der Waals surface area contributed by atoms with E-state index in [-0.39, 0.29) is 22.5 Å². The number of nitrogens with one attached hydrogen (secondary N) is 1. The summed E-state index contributed by atoms with van der Waals surface area (Å²) in [5.74, 6) is -0.251. The van der Waals surface area contributed by atoms with Crippen LogP contribution >= 0.6 is 0 Å². The molecule has 0 aromatic heterocycles. The summed E-state index contributed by atoms with van der Waals surface area (Å²) >= 11 is 0. The minimum absolute atomic E-state index is 0.114. The Balaban J connectivity index is 1.96. The van der Waals surface area contributed by atoms with Gasteiger partial charge in [0.15, 0.2) is 0 Å². The summed E-state index contributed by atoms with van der Waals surface area (Å²) in [5, 5.41) is 14.2. The normalized spacial score (nSPS) is 12.1. The molecule has 0 fully saturated rings. The zero-order valence-corrected chi connectivity index (χ0v) is 11.8. The van der Waals surface area contributed by atoms with E-state index in [0.29, 0.717) is 18.5 Å². The number of hydrogen-bond acceptors (Lipinski definition) is 3. The third-order valence-corrected chi connectivity index (χ3v) is 3.35.